The van der Waals surface area contributed by atoms with Gasteiger partial charge in [-0.15, -0.1) is 0 Å². The summed E-state index contributed by atoms with van der Waals surface area (Å²) in [6.07, 6.45) is 1.40. The van der Waals surface area contributed by atoms with Gasteiger partial charge in [-0.2, -0.15) is 0 Å². The van der Waals surface area contributed by atoms with E-state index in [1.807, 2.05) is 65.6 Å². The van der Waals surface area contributed by atoms with E-state index in [1.54, 1.807) is 0 Å². The van der Waals surface area contributed by atoms with Gasteiger partial charge >= 0.3 is 0 Å². The van der Waals surface area contributed by atoms with Crippen molar-refractivity contribution in [1.82, 2.24) is 9.80 Å². The zero-order valence-electron chi connectivity index (χ0n) is 13.2. The van der Waals surface area contributed by atoms with E-state index in [1.165, 1.54) is 6.34 Å². The lowest BCUT2D eigenvalue weighted by molar-refractivity contribution is 0.0246. The summed E-state index contributed by atoms with van der Waals surface area (Å²) in [5.74, 6) is 0. The Hall–Kier alpha value is -2.17. The molecule has 0 saturated carbocycles. The minimum Gasteiger partial charge on any atom is -0.379 e. The molecule has 0 atom stereocenters. The van der Waals surface area contributed by atoms with Crippen molar-refractivity contribution in [3.05, 3.63) is 71.8 Å². The minimum atomic E-state index is -1.02. The number of hydrogen-bond donors (Lipinski definition) is 2. The molecule has 2 aromatic rings. The van der Waals surface area contributed by atoms with E-state index in [4.69, 9.17) is 5.41 Å². The predicted octanol–water partition coefficient (Wildman–Crippen LogP) is 2.15. The lowest BCUT2D eigenvalue weighted by Crippen LogP contribution is -2.50. The summed E-state index contributed by atoms with van der Waals surface area (Å²) in [5.41, 5.74) is 0.816. The molecule has 4 heteroatoms. The largest absolute Gasteiger partial charge is 0.379 e. The highest BCUT2D eigenvalue weighted by molar-refractivity contribution is 5.50. The van der Waals surface area contributed by atoms with Crippen LogP contribution in [0.15, 0.2) is 60.7 Å². The van der Waals surface area contributed by atoms with Gasteiger partial charge in [-0.05, 0) is 11.1 Å². The van der Waals surface area contributed by atoms with Crippen molar-refractivity contribution in [1.29, 1.82) is 5.41 Å². The van der Waals surface area contributed by atoms with Crippen LogP contribution in [-0.2, 0) is 5.60 Å². The van der Waals surface area contributed by atoms with Crippen LogP contribution in [0.5, 0.6) is 0 Å². The smallest absolute Gasteiger partial charge is 0.127 e. The first kappa shape index (κ1) is 15.7. The highest BCUT2D eigenvalue weighted by Crippen LogP contribution is 2.30. The molecule has 0 spiro atoms. The fourth-order valence-electron chi connectivity index (χ4n) is 3.15. The molecule has 1 fully saturated rings. The Morgan fingerprint density at radius 3 is 1.78 bits per heavy atom. The molecule has 0 amide bonds. The van der Waals surface area contributed by atoms with Gasteiger partial charge in [0.15, 0.2) is 0 Å². The summed E-state index contributed by atoms with van der Waals surface area (Å²) in [4.78, 5) is 4.28. The maximum absolute atomic E-state index is 11.5. The van der Waals surface area contributed by atoms with Crippen LogP contribution in [0.25, 0.3) is 0 Å². The summed E-state index contributed by atoms with van der Waals surface area (Å²) in [6.45, 7) is 3.95. The molecule has 1 saturated heterocycles. The van der Waals surface area contributed by atoms with Gasteiger partial charge in [0.05, 0.1) is 6.34 Å². The van der Waals surface area contributed by atoms with Crippen LogP contribution in [-0.4, -0.2) is 54.0 Å². The van der Waals surface area contributed by atoms with Crippen molar-refractivity contribution >= 4 is 6.34 Å². The van der Waals surface area contributed by atoms with E-state index in [9.17, 15) is 5.11 Å². The molecular formula is C19H23N3O. The predicted molar refractivity (Wildman–Crippen MR) is 92.7 cm³/mol. The van der Waals surface area contributed by atoms with Gasteiger partial charge in [-0.1, -0.05) is 60.7 Å². The number of hydrogen-bond acceptors (Lipinski definition) is 3. The van der Waals surface area contributed by atoms with Crippen molar-refractivity contribution in [2.45, 2.75) is 5.60 Å². The Bertz CT molecular complexity index is 582. The van der Waals surface area contributed by atoms with Crippen LogP contribution in [0.1, 0.15) is 11.1 Å². The fraction of sp³-hybridized carbons (Fsp3) is 0.316. The van der Waals surface area contributed by atoms with Gasteiger partial charge in [-0.3, -0.25) is 10.3 Å². The summed E-state index contributed by atoms with van der Waals surface area (Å²) >= 11 is 0. The number of β-amino-alcohol motifs (C(OH)–C–C–N with tert-alkyl or cyclic N) is 1. The van der Waals surface area contributed by atoms with Crippen LogP contribution in [0.3, 0.4) is 0 Å². The molecule has 0 aromatic heterocycles. The standard InChI is InChI=1S/C19H23N3O/c20-16-22-13-11-21(12-14-22)15-19(23,17-7-3-1-4-8-17)18-9-5-2-6-10-18/h1-10,16,20,23H,11-15H2. The van der Waals surface area contributed by atoms with Crippen LogP contribution in [0.2, 0.25) is 0 Å². The Morgan fingerprint density at radius 2 is 1.35 bits per heavy atom. The van der Waals surface area contributed by atoms with E-state index in [2.05, 4.69) is 4.90 Å². The first-order valence-electron chi connectivity index (χ1n) is 8.03. The summed E-state index contributed by atoms with van der Waals surface area (Å²) in [7, 11) is 0. The number of piperazine rings is 1. The van der Waals surface area contributed by atoms with Gasteiger partial charge < -0.3 is 10.0 Å². The lowest BCUT2D eigenvalue weighted by atomic mass is 9.85. The minimum absolute atomic E-state index is 0.562. The van der Waals surface area contributed by atoms with E-state index >= 15 is 0 Å². The van der Waals surface area contributed by atoms with Crippen molar-refractivity contribution in [3.63, 3.8) is 0 Å². The van der Waals surface area contributed by atoms with Crippen LogP contribution in [0, 0.1) is 5.41 Å². The Labute approximate surface area is 137 Å². The average Bonchev–Trinajstić information content (AvgIpc) is 2.64. The third kappa shape index (κ3) is 3.44. The number of rotatable bonds is 5. The third-order valence-electron chi connectivity index (χ3n) is 4.54. The van der Waals surface area contributed by atoms with Gasteiger partial charge in [0.25, 0.3) is 0 Å². The number of aliphatic hydroxyl groups is 1. The zero-order valence-corrected chi connectivity index (χ0v) is 13.2. The number of benzene rings is 2. The summed E-state index contributed by atoms with van der Waals surface area (Å²) in [5, 5.41) is 18.9. The normalized spacial score (nSPS) is 16.3. The van der Waals surface area contributed by atoms with E-state index < -0.39 is 5.60 Å². The first-order valence-corrected chi connectivity index (χ1v) is 8.03. The summed E-state index contributed by atoms with van der Waals surface area (Å²) in [6, 6.07) is 19.8. The Balaban J connectivity index is 1.86. The molecule has 0 unspecified atom stereocenters. The van der Waals surface area contributed by atoms with E-state index in [0.29, 0.717) is 6.54 Å². The molecule has 4 nitrogen and oxygen atoms in total. The van der Waals surface area contributed by atoms with Crippen molar-refractivity contribution in [2.24, 2.45) is 0 Å². The molecule has 1 aliphatic heterocycles. The highest BCUT2D eigenvalue weighted by Gasteiger charge is 2.34. The number of nitrogens with one attached hydrogen (secondary N) is 1. The first-order chi connectivity index (χ1) is 11.2. The van der Waals surface area contributed by atoms with Gasteiger partial charge in [0.1, 0.15) is 5.60 Å². The molecule has 0 radical (unpaired) electrons. The topological polar surface area (TPSA) is 50.6 Å². The van der Waals surface area contributed by atoms with E-state index in [0.717, 1.165) is 37.3 Å². The summed E-state index contributed by atoms with van der Waals surface area (Å²) < 4.78 is 0. The second-order valence-electron chi connectivity index (χ2n) is 6.03. The molecule has 3 rings (SSSR count). The fourth-order valence-corrected chi connectivity index (χ4v) is 3.15. The Kier molecular flexibility index (Phi) is 4.74. The maximum atomic E-state index is 11.5. The molecule has 2 N–H and O–H groups in total. The SMILES string of the molecule is N=CN1CCN(CC(O)(c2ccccc2)c2ccccc2)CC1. The Morgan fingerprint density at radius 1 is 0.870 bits per heavy atom. The molecule has 0 bridgehead atoms. The molecule has 1 aliphatic rings. The second kappa shape index (κ2) is 6.94. The van der Waals surface area contributed by atoms with Crippen molar-refractivity contribution in [2.75, 3.05) is 32.7 Å². The van der Waals surface area contributed by atoms with Crippen molar-refractivity contribution < 1.29 is 5.11 Å². The quantitative estimate of drug-likeness (QED) is 0.657. The molecule has 120 valence electrons. The molecular weight excluding hydrogens is 286 g/mol. The van der Waals surface area contributed by atoms with Crippen LogP contribution < -0.4 is 0 Å². The average molecular weight is 309 g/mol. The monoisotopic (exact) mass is 309 g/mol. The molecule has 0 aliphatic carbocycles. The second-order valence-corrected chi connectivity index (χ2v) is 6.03. The van der Waals surface area contributed by atoms with Gasteiger partial charge in [0, 0.05) is 32.7 Å². The van der Waals surface area contributed by atoms with Gasteiger partial charge in [0.2, 0.25) is 0 Å². The molecule has 23 heavy (non-hydrogen) atoms. The van der Waals surface area contributed by atoms with Crippen LogP contribution >= 0.6 is 0 Å². The molecule has 2 aromatic carbocycles. The zero-order chi connectivity index (χ0) is 16.1. The van der Waals surface area contributed by atoms with Gasteiger partial charge in [-0.25, -0.2) is 0 Å². The highest BCUT2D eigenvalue weighted by atomic mass is 16.3. The van der Waals surface area contributed by atoms with Crippen molar-refractivity contribution in [3.8, 4) is 0 Å². The maximum Gasteiger partial charge on any atom is 0.127 e. The van der Waals surface area contributed by atoms with E-state index in [-0.39, 0.29) is 0 Å². The number of nitrogens with zero attached hydrogens (tertiary/aromatic N) is 2. The third-order valence-corrected chi connectivity index (χ3v) is 4.54. The lowest BCUT2D eigenvalue weighted by Gasteiger charge is -2.39. The van der Waals surface area contributed by atoms with Crippen LogP contribution in [0.4, 0.5) is 0 Å². The molecule has 1 heterocycles.